The number of hydrogen-bond acceptors (Lipinski definition) is 2. The standard InChI is InChI=1S/C17H20FNO/c1-12-7-8-16(18)9-15(12)11-19-13(2)14-5-4-6-17(10-14)20-3/h4-10,13,19H,11H2,1-3H3/t13-/m1/s1. The predicted octanol–water partition coefficient (Wildman–Crippen LogP) is 3.99. The van der Waals surface area contributed by atoms with Crippen LogP contribution in [0.4, 0.5) is 4.39 Å². The summed E-state index contributed by atoms with van der Waals surface area (Å²) in [5, 5.41) is 3.41. The van der Waals surface area contributed by atoms with Gasteiger partial charge in [-0.3, -0.25) is 0 Å². The zero-order valence-electron chi connectivity index (χ0n) is 12.1. The van der Waals surface area contributed by atoms with E-state index in [9.17, 15) is 4.39 Å². The van der Waals surface area contributed by atoms with Crippen LogP contribution in [0, 0.1) is 12.7 Å². The Labute approximate surface area is 119 Å². The highest BCUT2D eigenvalue weighted by Gasteiger charge is 2.07. The van der Waals surface area contributed by atoms with Crippen molar-refractivity contribution in [1.82, 2.24) is 5.32 Å². The molecule has 0 aromatic heterocycles. The van der Waals surface area contributed by atoms with Gasteiger partial charge in [-0.15, -0.1) is 0 Å². The Morgan fingerprint density at radius 3 is 2.75 bits per heavy atom. The Morgan fingerprint density at radius 2 is 2.00 bits per heavy atom. The molecule has 0 aliphatic heterocycles. The minimum absolute atomic E-state index is 0.174. The zero-order chi connectivity index (χ0) is 14.5. The van der Waals surface area contributed by atoms with E-state index in [0.717, 1.165) is 22.4 Å². The average Bonchev–Trinajstić information content (AvgIpc) is 2.48. The lowest BCUT2D eigenvalue weighted by atomic mass is 10.1. The molecular weight excluding hydrogens is 253 g/mol. The lowest BCUT2D eigenvalue weighted by Crippen LogP contribution is -2.18. The minimum Gasteiger partial charge on any atom is -0.497 e. The van der Waals surface area contributed by atoms with Crippen molar-refractivity contribution in [2.75, 3.05) is 7.11 Å². The summed E-state index contributed by atoms with van der Waals surface area (Å²) < 4.78 is 18.5. The lowest BCUT2D eigenvalue weighted by molar-refractivity contribution is 0.413. The molecule has 0 radical (unpaired) electrons. The third-order valence-electron chi connectivity index (χ3n) is 3.50. The number of benzene rings is 2. The van der Waals surface area contributed by atoms with Crippen LogP contribution in [-0.2, 0) is 6.54 Å². The number of rotatable bonds is 5. The second kappa shape index (κ2) is 6.53. The van der Waals surface area contributed by atoms with Gasteiger partial charge in [0.1, 0.15) is 11.6 Å². The van der Waals surface area contributed by atoms with Crippen LogP contribution >= 0.6 is 0 Å². The summed E-state index contributed by atoms with van der Waals surface area (Å²) in [5.41, 5.74) is 3.23. The van der Waals surface area contributed by atoms with Gasteiger partial charge in [0.15, 0.2) is 0 Å². The summed E-state index contributed by atoms with van der Waals surface area (Å²) in [6.45, 7) is 4.72. The maximum absolute atomic E-state index is 13.2. The molecule has 20 heavy (non-hydrogen) atoms. The summed E-state index contributed by atoms with van der Waals surface area (Å²) >= 11 is 0. The molecule has 0 saturated heterocycles. The summed E-state index contributed by atoms with van der Waals surface area (Å²) in [6, 6.07) is 13.0. The van der Waals surface area contributed by atoms with Gasteiger partial charge in [-0.1, -0.05) is 18.2 Å². The van der Waals surface area contributed by atoms with Gasteiger partial charge in [-0.2, -0.15) is 0 Å². The van der Waals surface area contributed by atoms with Gasteiger partial charge in [0.25, 0.3) is 0 Å². The number of hydrogen-bond donors (Lipinski definition) is 1. The largest absolute Gasteiger partial charge is 0.497 e. The van der Waals surface area contributed by atoms with Gasteiger partial charge >= 0.3 is 0 Å². The molecule has 0 fully saturated rings. The van der Waals surface area contributed by atoms with E-state index < -0.39 is 0 Å². The fraction of sp³-hybridized carbons (Fsp3) is 0.294. The fourth-order valence-corrected chi connectivity index (χ4v) is 2.12. The van der Waals surface area contributed by atoms with Crippen LogP contribution in [-0.4, -0.2) is 7.11 Å². The van der Waals surface area contributed by atoms with Crippen LogP contribution in [0.15, 0.2) is 42.5 Å². The average molecular weight is 273 g/mol. The number of methoxy groups -OCH3 is 1. The molecule has 0 amide bonds. The zero-order valence-corrected chi connectivity index (χ0v) is 12.1. The molecule has 0 spiro atoms. The molecule has 0 bridgehead atoms. The summed E-state index contributed by atoms with van der Waals surface area (Å²) in [4.78, 5) is 0. The summed E-state index contributed by atoms with van der Waals surface area (Å²) in [6.07, 6.45) is 0. The Balaban J connectivity index is 2.04. The van der Waals surface area contributed by atoms with Crippen LogP contribution in [0.3, 0.4) is 0 Å². The highest BCUT2D eigenvalue weighted by Crippen LogP contribution is 2.19. The molecular formula is C17H20FNO. The van der Waals surface area contributed by atoms with E-state index in [1.165, 1.54) is 6.07 Å². The van der Waals surface area contributed by atoms with Gasteiger partial charge in [0, 0.05) is 12.6 Å². The summed E-state index contributed by atoms with van der Waals surface area (Å²) in [5.74, 6) is 0.652. The minimum atomic E-state index is -0.193. The molecule has 1 atom stereocenters. The Kier molecular flexibility index (Phi) is 4.74. The van der Waals surface area contributed by atoms with Crippen LogP contribution in [0.25, 0.3) is 0 Å². The highest BCUT2D eigenvalue weighted by molar-refractivity contribution is 5.31. The first-order chi connectivity index (χ1) is 9.60. The predicted molar refractivity (Wildman–Crippen MR) is 79.4 cm³/mol. The molecule has 2 rings (SSSR count). The monoisotopic (exact) mass is 273 g/mol. The third-order valence-corrected chi connectivity index (χ3v) is 3.50. The maximum atomic E-state index is 13.2. The first-order valence-corrected chi connectivity index (χ1v) is 6.72. The number of ether oxygens (including phenoxy) is 1. The first kappa shape index (κ1) is 14.5. The number of aryl methyl sites for hydroxylation is 1. The van der Waals surface area contributed by atoms with Gasteiger partial charge in [0.05, 0.1) is 7.11 Å². The van der Waals surface area contributed by atoms with Crippen LogP contribution in [0.2, 0.25) is 0 Å². The second-order valence-electron chi connectivity index (χ2n) is 4.95. The van der Waals surface area contributed by atoms with Crippen molar-refractivity contribution in [2.45, 2.75) is 26.4 Å². The third kappa shape index (κ3) is 3.58. The van der Waals surface area contributed by atoms with Crippen molar-refractivity contribution in [3.05, 3.63) is 65.0 Å². The molecule has 0 heterocycles. The quantitative estimate of drug-likeness (QED) is 0.889. The van der Waals surface area contributed by atoms with Crippen molar-refractivity contribution in [1.29, 1.82) is 0 Å². The van der Waals surface area contributed by atoms with E-state index in [0.29, 0.717) is 6.54 Å². The van der Waals surface area contributed by atoms with Crippen LogP contribution < -0.4 is 10.1 Å². The topological polar surface area (TPSA) is 21.3 Å². The van der Waals surface area contributed by atoms with Crippen molar-refractivity contribution in [3.63, 3.8) is 0 Å². The fourth-order valence-electron chi connectivity index (χ4n) is 2.12. The molecule has 2 aromatic rings. The van der Waals surface area contributed by atoms with Gasteiger partial charge in [0.2, 0.25) is 0 Å². The van der Waals surface area contributed by atoms with E-state index >= 15 is 0 Å². The normalized spacial score (nSPS) is 12.2. The molecule has 2 aromatic carbocycles. The van der Waals surface area contributed by atoms with Gasteiger partial charge in [-0.25, -0.2) is 4.39 Å². The smallest absolute Gasteiger partial charge is 0.123 e. The van der Waals surface area contributed by atoms with E-state index in [4.69, 9.17) is 4.74 Å². The van der Waals surface area contributed by atoms with E-state index in [1.807, 2.05) is 31.2 Å². The van der Waals surface area contributed by atoms with Crippen molar-refractivity contribution >= 4 is 0 Å². The molecule has 0 unspecified atom stereocenters. The van der Waals surface area contributed by atoms with E-state index in [2.05, 4.69) is 18.3 Å². The van der Waals surface area contributed by atoms with Crippen molar-refractivity contribution in [2.24, 2.45) is 0 Å². The lowest BCUT2D eigenvalue weighted by Gasteiger charge is -2.16. The SMILES string of the molecule is COc1cccc([C@@H](C)NCc2cc(F)ccc2C)c1. The van der Waals surface area contributed by atoms with Crippen LogP contribution in [0.5, 0.6) is 5.75 Å². The second-order valence-corrected chi connectivity index (χ2v) is 4.95. The molecule has 0 aliphatic carbocycles. The summed E-state index contributed by atoms with van der Waals surface area (Å²) in [7, 11) is 1.66. The van der Waals surface area contributed by atoms with Gasteiger partial charge < -0.3 is 10.1 Å². The maximum Gasteiger partial charge on any atom is 0.123 e. The molecule has 2 nitrogen and oxygen atoms in total. The Hall–Kier alpha value is -1.87. The van der Waals surface area contributed by atoms with Crippen molar-refractivity contribution in [3.8, 4) is 5.75 Å². The van der Waals surface area contributed by atoms with Gasteiger partial charge in [-0.05, 0) is 54.8 Å². The van der Waals surface area contributed by atoms with E-state index in [1.54, 1.807) is 13.2 Å². The Bertz CT molecular complexity index is 583. The first-order valence-electron chi connectivity index (χ1n) is 6.72. The Morgan fingerprint density at radius 1 is 1.20 bits per heavy atom. The molecule has 1 N–H and O–H groups in total. The molecule has 106 valence electrons. The molecule has 0 aliphatic rings. The number of halogens is 1. The highest BCUT2D eigenvalue weighted by atomic mass is 19.1. The van der Waals surface area contributed by atoms with Crippen molar-refractivity contribution < 1.29 is 9.13 Å². The molecule has 0 saturated carbocycles. The van der Waals surface area contributed by atoms with E-state index in [-0.39, 0.29) is 11.9 Å². The molecule has 3 heteroatoms. The van der Waals surface area contributed by atoms with Crippen LogP contribution in [0.1, 0.15) is 29.7 Å². The number of nitrogens with one attached hydrogen (secondary N) is 1.